The van der Waals surface area contributed by atoms with Crippen molar-refractivity contribution in [1.29, 1.82) is 0 Å². The molecule has 1 N–H and O–H groups in total. The van der Waals surface area contributed by atoms with Gasteiger partial charge in [-0.1, -0.05) is 29.8 Å². The highest BCUT2D eigenvalue weighted by molar-refractivity contribution is 9.10. The van der Waals surface area contributed by atoms with Gasteiger partial charge in [-0.2, -0.15) is 0 Å². The maximum absolute atomic E-state index is 12.5. The number of carbonyl (C=O) groups excluding carboxylic acids is 1. The summed E-state index contributed by atoms with van der Waals surface area (Å²) in [7, 11) is 0. The van der Waals surface area contributed by atoms with Gasteiger partial charge in [-0.25, -0.2) is 0 Å². The van der Waals surface area contributed by atoms with Crippen molar-refractivity contribution in [3.63, 3.8) is 0 Å². The molecule has 4 nitrogen and oxygen atoms in total. The van der Waals surface area contributed by atoms with Crippen molar-refractivity contribution in [1.82, 2.24) is 5.32 Å². The van der Waals surface area contributed by atoms with E-state index in [0.717, 1.165) is 61.9 Å². The van der Waals surface area contributed by atoms with Crippen LogP contribution in [-0.4, -0.2) is 31.3 Å². The smallest absolute Gasteiger partial charge is 0.323 e. The van der Waals surface area contributed by atoms with Gasteiger partial charge in [0.25, 0.3) is 0 Å². The number of carbonyl (C=O) groups is 1. The maximum atomic E-state index is 12.5. The Morgan fingerprint density at radius 2 is 1.85 bits per heavy atom. The Bertz CT molecular complexity index is 541. The summed E-state index contributed by atoms with van der Waals surface area (Å²) in [5, 5.41) is 3.42. The summed E-state index contributed by atoms with van der Waals surface area (Å²) in [6.45, 7) is 5.87. The van der Waals surface area contributed by atoms with Crippen LogP contribution in [-0.2, 0) is 9.53 Å². The van der Waals surface area contributed by atoms with E-state index in [4.69, 9.17) is 9.47 Å². The number of halogens is 1. The minimum atomic E-state index is -0.176. The summed E-state index contributed by atoms with van der Waals surface area (Å²) in [6, 6.07) is 7.73. The van der Waals surface area contributed by atoms with E-state index in [0.29, 0.717) is 5.92 Å². The molecule has 0 saturated heterocycles. The number of ether oxygens (including phenoxy) is 2. The maximum Gasteiger partial charge on any atom is 0.323 e. The van der Waals surface area contributed by atoms with Crippen LogP contribution < -0.4 is 10.1 Å². The molecule has 27 heavy (non-hydrogen) atoms. The van der Waals surface area contributed by atoms with E-state index in [1.165, 1.54) is 12.8 Å². The first-order valence-corrected chi connectivity index (χ1v) is 11.2. The molecule has 1 unspecified atom stereocenters. The molecule has 1 atom stereocenters. The largest absolute Gasteiger partial charge is 0.494 e. The summed E-state index contributed by atoms with van der Waals surface area (Å²) in [6.07, 6.45) is 8.52. The van der Waals surface area contributed by atoms with E-state index in [-0.39, 0.29) is 18.1 Å². The van der Waals surface area contributed by atoms with Gasteiger partial charge in [0.2, 0.25) is 0 Å². The summed E-state index contributed by atoms with van der Waals surface area (Å²) < 4.78 is 12.5. The van der Waals surface area contributed by atoms with E-state index < -0.39 is 0 Å². The SMILES string of the molecule is CC(C)CC(NCCCCCOc1ccc(Br)cc1)C(=O)OC1CCCC1. The van der Waals surface area contributed by atoms with Crippen molar-refractivity contribution in [3.05, 3.63) is 28.7 Å². The minimum Gasteiger partial charge on any atom is -0.494 e. The standard InChI is InChI=1S/C22H34BrNO3/c1-17(2)16-21(22(25)27-20-8-4-5-9-20)24-14-6-3-7-15-26-19-12-10-18(23)11-13-19/h10-13,17,20-21,24H,3-9,14-16H2,1-2H3. The molecular weight excluding hydrogens is 406 g/mol. The number of nitrogens with one attached hydrogen (secondary N) is 1. The molecule has 152 valence electrons. The highest BCUT2D eigenvalue weighted by Gasteiger charge is 2.25. The molecule has 1 aliphatic carbocycles. The Hall–Kier alpha value is -1.07. The zero-order valence-electron chi connectivity index (χ0n) is 16.7. The molecule has 0 spiro atoms. The highest BCUT2D eigenvalue weighted by Crippen LogP contribution is 2.22. The molecule has 1 aromatic rings. The van der Waals surface area contributed by atoms with Crippen LogP contribution in [0, 0.1) is 5.92 Å². The third kappa shape index (κ3) is 9.11. The first kappa shape index (κ1) is 22.2. The van der Waals surface area contributed by atoms with E-state index in [1.807, 2.05) is 24.3 Å². The van der Waals surface area contributed by atoms with Gasteiger partial charge in [-0.05, 0) is 88.1 Å². The first-order valence-electron chi connectivity index (χ1n) is 10.4. The fourth-order valence-corrected chi connectivity index (χ4v) is 3.65. The Kier molecular flexibility index (Phi) is 10.2. The quantitative estimate of drug-likeness (QED) is 0.345. The lowest BCUT2D eigenvalue weighted by atomic mass is 10.0. The normalized spacial score (nSPS) is 15.9. The molecule has 5 heteroatoms. The van der Waals surface area contributed by atoms with Gasteiger partial charge in [0.15, 0.2) is 0 Å². The molecule has 2 rings (SSSR count). The van der Waals surface area contributed by atoms with Gasteiger partial charge in [0.1, 0.15) is 17.9 Å². The van der Waals surface area contributed by atoms with Crippen LogP contribution in [0.3, 0.4) is 0 Å². The van der Waals surface area contributed by atoms with Crippen LogP contribution >= 0.6 is 15.9 Å². The second-order valence-electron chi connectivity index (χ2n) is 7.84. The zero-order chi connectivity index (χ0) is 19.5. The fraction of sp³-hybridized carbons (Fsp3) is 0.682. The van der Waals surface area contributed by atoms with Crippen molar-refractivity contribution in [3.8, 4) is 5.75 Å². The molecule has 0 heterocycles. The van der Waals surface area contributed by atoms with Crippen molar-refractivity contribution < 1.29 is 14.3 Å². The predicted molar refractivity (Wildman–Crippen MR) is 113 cm³/mol. The predicted octanol–water partition coefficient (Wildman–Crippen LogP) is 5.49. The number of unbranched alkanes of at least 4 members (excludes halogenated alkanes) is 2. The van der Waals surface area contributed by atoms with Gasteiger partial charge >= 0.3 is 5.97 Å². The molecular formula is C22H34BrNO3. The van der Waals surface area contributed by atoms with Gasteiger partial charge in [0, 0.05) is 4.47 Å². The molecule has 0 aromatic heterocycles. The third-order valence-corrected chi connectivity index (χ3v) is 5.40. The highest BCUT2D eigenvalue weighted by atomic mass is 79.9. The molecule has 0 radical (unpaired) electrons. The van der Waals surface area contributed by atoms with Crippen LogP contribution in [0.1, 0.15) is 65.2 Å². The van der Waals surface area contributed by atoms with Crippen molar-refractivity contribution in [2.75, 3.05) is 13.2 Å². The van der Waals surface area contributed by atoms with Gasteiger partial charge in [0.05, 0.1) is 6.61 Å². The van der Waals surface area contributed by atoms with Crippen LogP contribution in [0.15, 0.2) is 28.7 Å². The molecule has 0 amide bonds. The lowest BCUT2D eigenvalue weighted by Gasteiger charge is -2.21. The average Bonchev–Trinajstić information content (AvgIpc) is 3.14. The fourth-order valence-electron chi connectivity index (χ4n) is 3.39. The van der Waals surface area contributed by atoms with Crippen molar-refractivity contribution in [2.45, 2.75) is 77.4 Å². The van der Waals surface area contributed by atoms with E-state index >= 15 is 0 Å². The number of hydrogen-bond donors (Lipinski definition) is 1. The van der Waals surface area contributed by atoms with Crippen LogP contribution in [0.2, 0.25) is 0 Å². The molecule has 0 aliphatic heterocycles. The summed E-state index contributed by atoms with van der Waals surface area (Å²) in [5.41, 5.74) is 0. The monoisotopic (exact) mass is 439 g/mol. The van der Waals surface area contributed by atoms with Gasteiger partial charge in [-0.3, -0.25) is 4.79 Å². The molecule has 1 fully saturated rings. The number of esters is 1. The Labute approximate surface area is 172 Å². The molecule has 1 saturated carbocycles. The topological polar surface area (TPSA) is 47.6 Å². The van der Waals surface area contributed by atoms with Crippen molar-refractivity contribution in [2.24, 2.45) is 5.92 Å². The number of benzene rings is 1. The Balaban J connectivity index is 1.59. The van der Waals surface area contributed by atoms with E-state index in [1.54, 1.807) is 0 Å². The molecule has 1 aliphatic rings. The number of hydrogen-bond acceptors (Lipinski definition) is 4. The molecule has 1 aromatic carbocycles. The van der Waals surface area contributed by atoms with E-state index in [9.17, 15) is 4.79 Å². The first-order chi connectivity index (χ1) is 13.0. The Morgan fingerprint density at radius 1 is 1.15 bits per heavy atom. The Morgan fingerprint density at radius 3 is 2.52 bits per heavy atom. The second kappa shape index (κ2) is 12.4. The lowest BCUT2D eigenvalue weighted by Crippen LogP contribution is -2.40. The van der Waals surface area contributed by atoms with Crippen molar-refractivity contribution >= 4 is 21.9 Å². The lowest BCUT2D eigenvalue weighted by molar-refractivity contribution is -0.151. The summed E-state index contributed by atoms with van der Waals surface area (Å²) in [4.78, 5) is 12.5. The zero-order valence-corrected chi connectivity index (χ0v) is 18.3. The van der Waals surface area contributed by atoms with Gasteiger partial charge < -0.3 is 14.8 Å². The number of rotatable bonds is 12. The van der Waals surface area contributed by atoms with Crippen LogP contribution in [0.4, 0.5) is 0 Å². The third-order valence-electron chi connectivity index (χ3n) is 4.87. The minimum absolute atomic E-state index is 0.0610. The van der Waals surface area contributed by atoms with Gasteiger partial charge in [-0.15, -0.1) is 0 Å². The van der Waals surface area contributed by atoms with Crippen LogP contribution in [0.25, 0.3) is 0 Å². The van der Waals surface area contributed by atoms with E-state index in [2.05, 4.69) is 35.1 Å². The molecule has 0 bridgehead atoms. The summed E-state index contributed by atoms with van der Waals surface area (Å²) in [5.74, 6) is 1.31. The van der Waals surface area contributed by atoms with Crippen LogP contribution in [0.5, 0.6) is 5.75 Å². The summed E-state index contributed by atoms with van der Waals surface area (Å²) >= 11 is 3.42. The second-order valence-corrected chi connectivity index (χ2v) is 8.76. The average molecular weight is 440 g/mol.